The number of carbonyl (C=O) groups excluding carboxylic acids is 1. The second kappa shape index (κ2) is 6.83. The standard InChI is InChI=1S/C17H16N4O2/c1-2-23-17-13(4-3-7-20-17)11-21-16(22)12-5-6-14-15(10-12)19-9-8-18-14/h3-10H,2,11H2,1H3,(H,21,22). The molecule has 0 saturated heterocycles. The van der Waals surface area contributed by atoms with Crippen molar-refractivity contribution in [2.45, 2.75) is 13.5 Å². The number of hydrogen-bond donors (Lipinski definition) is 1. The molecule has 23 heavy (non-hydrogen) atoms. The molecule has 2 heterocycles. The molecule has 116 valence electrons. The van der Waals surface area contributed by atoms with E-state index in [2.05, 4.69) is 20.3 Å². The zero-order valence-corrected chi connectivity index (χ0v) is 12.7. The number of benzene rings is 1. The number of nitrogens with zero attached hydrogens (tertiary/aromatic N) is 3. The minimum absolute atomic E-state index is 0.177. The molecule has 0 radical (unpaired) electrons. The van der Waals surface area contributed by atoms with Gasteiger partial charge in [-0.05, 0) is 31.2 Å². The van der Waals surface area contributed by atoms with E-state index in [0.717, 1.165) is 11.1 Å². The van der Waals surface area contributed by atoms with Crippen LogP contribution in [0.1, 0.15) is 22.8 Å². The molecule has 3 rings (SSSR count). The summed E-state index contributed by atoms with van der Waals surface area (Å²) in [6.07, 6.45) is 4.89. The largest absolute Gasteiger partial charge is 0.478 e. The monoisotopic (exact) mass is 308 g/mol. The number of aromatic nitrogens is 3. The summed E-state index contributed by atoms with van der Waals surface area (Å²) in [6.45, 7) is 2.77. The molecule has 6 heteroatoms. The van der Waals surface area contributed by atoms with Gasteiger partial charge >= 0.3 is 0 Å². The van der Waals surface area contributed by atoms with Gasteiger partial charge in [0.05, 0.1) is 17.6 Å². The van der Waals surface area contributed by atoms with Crippen molar-refractivity contribution >= 4 is 16.9 Å². The first-order valence-corrected chi connectivity index (χ1v) is 7.33. The van der Waals surface area contributed by atoms with Crippen LogP contribution in [0.15, 0.2) is 48.9 Å². The van der Waals surface area contributed by atoms with Crippen molar-refractivity contribution in [2.24, 2.45) is 0 Å². The molecule has 0 unspecified atom stereocenters. The van der Waals surface area contributed by atoms with Gasteiger partial charge in [-0.1, -0.05) is 6.07 Å². The van der Waals surface area contributed by atoms with Crippen molar-refractivity contribution in [2.75, 3.05) is 6.61 Å². The van der Waals surface area contributed by atoms with Crippen LogP contribution in [0.3, 0.4) is 0 Å². The third kappa shape index (κ3) is 3.42. The van der Waals surface area contributed by atoms with Gasteiger partial charge in [0, 0.05) is 36.3 Å². The van der Waals surface area contributed by atoms with Gasteiger partial charge in [-0.15, -0.1) is 0 Å². The molecule has 3 aromatic rings. The van der Waals surface area contributed by atoms with E-state index in [1.807, 2.05) is 19.1 Å². The average Bonchev–Trinajstić information content (AvgIpc) is 2.60. The maximum Gasteiger partial charge on any atom is 0.251 e. The molecule has 0 spiro atoms. The van der Waals surface area contributed by atoms with Crippen molar-refractivity contribution in [3.8, 4) is 5.88 Å². The normalized spacial score (nSPS) is 10.5. The maximum absolute atomic E-state index is 12.3. The van der Waals surface area contributed by atoms with Gasteiger partial charge in [0.25, 0.3) is 5.91 Å². The van der Waals surface area contributed by atoms with Crippen LogP contribution in [0.25, 0.3) is 11.0 Å². The van der Waals surface area contributed by atoms with Crippen LogP contribution in [-0.4, -0.2) is 27.5 Å². The van der Waals surface area contributed by atoms with Crippen LogP contribution in [0.2, 0.25) is 0 Å². The highest BCUT2D eigenvalue weighted by Crippen LogP contribution is 2.15. The fraction of sp³-hybridized carbons (Fsp3) is 0.176. The van der Waals surface area contributed by atoms with E-state index in [9.17, 15) is 4.79 Å². The van der Waals surface area contributed by atoms with Crippen LogP contribution >= 0.6 is 0 Å². The number of ether oxygens (including phenoxy) is 1. The number of pyridine rings is 1. The lowest BCUT2D eigenvalue weighted by molar-refractivity contribution is 0.0950. The Morgan fingerprint density at radius 1 is 1.09 bits per heavy atom. The SMILES string of the molecule is CCOc1ncccc1CNC(=O)c1ccc2nccnc2c1. The fourth-order valence-electron chi connectivity index (χ4n) is 2.21. The minimum Gasteiger partial charge on any atom is -0.478 e. The molecular weight excluding hydrogens is 292 g/mol. The van der Waals surface area contributed by atoms with E-state index in [4.69, 9.17) is 4.74 Å². The Morgan fingerprint density at radius 3 is 2.74 bits per heavy atom. The maximum atomic E-state index is 12.3. The van der Waals surface area contributed by atoms with Gasteiger partial charge in [0.15, 0.2) is 0 Å². The lowest BCUT2D eigenvalue weighted by Gasteiger charge is -2.10. The molecule has 0 aliphatic carbocycles. The summed E-state index contributed by atoms with van der Waals surface area (Å²) in [7, 11) is 0. The second-order valence-electron chi connectivity index (χ2n) is 4.84. The van der Waals surface area contributed by atoms with Gasteiger partial charge < -0.3 is 10.1 Å². The quantitative estimate of drug-likeness (QED) is 0.783. The zero-order valence-electron chi connectivity index (χ0n) is 12.7. The van der Waals surface area contributed by atoms with Gasteiger partial charge in [0.1, 0.15) is 0 Å². The highest BCUT2D eigenvalue weighted by atomic mass is 16.5. The minimum atomic E-state index is -0.177. The Morgan fingerprint density at radius 2 is 1.91 bits per heavy atom. The Balaban J connectivity index is 1.73. The molecule has 1 N–H and O–H groups in total. The molecule has 0 bridgehead atoms. The van der Waals surface area contributed by atoms with E-state index < -0.39 is 0 Å². The molecule has 1 amide bonds. The van der Waals surface area contributed by atoms with Crippen molar-refractivity contribution in [1.29, 1.82) is 0 Å². The first-order valence-electron chi connectivity index (χ1n) is 7.33. The van der Waals surface area contributed by atoms with E-state index >= 15 is 0 Å². The molecule has 0 aliphatic rings. The second-order valence-corrected chi connectivity index (χ2v) is 4.84. The third-order valence-corrected chi connectivity index (χ3v) is 3.30. The Bertz CT molecular complexity index is 835. The first kappa shape index (κ1) is 14.9. The summed E-state index contributed by atoms with van der Waals surface area (Å²) in [5.74, 6) is 0.364. The molecule has 0 atom stereocenters. The number of nitrogens with one attached hydrogen (secondary N) is 1. The molecule has 1 aromatic carbocycles. The first-order chi connectivity index (χ1) is 11.3. The van der Waals surface area contributed by atoms with Crippen molar-refractivity contribution in [1.82, 2.24) is 20.3 Å². The summed E-state index contributed by atoms with van der Waals surface area (Å²) in [6, 6.07) is 8.94. The predicted octanol–water partition coefficient (Wildman–Crippen LogP) is 2.35. The van der Waals surface area contributed by atoms with Gasteiger partial charge in [-0.3, -0.25) is 14.8 Å². The fourth-order valence-corrected chi connectivity index (χ4v) is 2.21. The Hall–Kier alpha value is -3.02. The summed E-state index contributed by atoms with van der Waals surface area (Å²) in [5, 5.41) is 2.87. The van der Waals surface area contributed by atoms with Crippen molar-refractivity contribution in [3.63, 3.8) is 0 Å². The molecule has 2 aromatic heterocycles. The van der Waals surface area contributed by atoms with E-state index in [0.29, 0.717) is 30.1 Å². The van der Waals surface area contributed by atoms with E-state index in [-0.39, 0.29) is 5.91 Å². The van der Waals surface area contributed by atoms with Gasteiger partial charge in [-0.25, -0.2) is 4.98 Å². The zero-order chi connectivity index (χ0) is 16.1. The predicted molar refractivity (Wildman–Crippen MR) is 86.1 cm³/mol. The number of carbonyl (C=O) groups is 1. The van der Waals surface area contributed by atoms with Crippen molar-refractivity contribution in [3.05, 3.63) is 60.0 Å². The van der Waals surface area contributed by atoms with Crippen LogP contribution in [0.4, 0.5) is 0 Å². The summed E-state index contributed by atoms with van der Waals surface area (Å²) >= 11 is 0. The van der Waals surface area contributed by atoms with E-state index in [1.165, 1.54) is 0 Å². The molecule has 0 saturated carbocycles. The smallest absolute Gasteiger partial charge is 0.251 e. The summed E-state index contributed by atoms with van der Waals surface area (Å²) in [5.41, 5.74) is 2.83. The molecular formula is C17H16N4O2. The summed E-state index contributed by atoms with van der Waals surface area (Å²) < 4.78 is 5.45. The van der Waals surface area contributed by atoms with Crippen LogP contribution in [0.5, 0.6) is 5.88 Å². The highest BCUT2D eigenvalue weighted by Gasteiger charge is 2.09. The van der Waals surface area contributed by atoms with Crippen LogP contribution in [0, 0.1) is 0 Å². The summed E-state index contributed by atoms with van der Waals surface area (Å²) in [4.78, 5) is 24.9. The average molecular weight is 308 g/mol. The molecule has 0 aliphatic heterocycles. The Labute approximate surface area is 133 Å². The third-order valence-electron chi connectivity index (χ3n) is 3.30. The number of hydrogen-bond acceptors (Lipinski definition) is 5. The number of fused-ring (bicyclic) bond motifs is 1. The Kier molecular flexibility index (Phi) is 4.42. The number of rotatable bonds is 5. The molecule has 0 fully saturated rings. The van der Waals surface area contributed by atoms with Gasteiger partial charge in [-0.2, -0.15) is 0 Å². The number of amides is 1. The molecule has 6 nitrogen and oxygen atoms in total. The van der Waals surface area contributed by atoms with Crippen molar-refractivity contribution < 1.29 is 9.53 Å². The lowest BCUT2D eigenvalue weighted by Crippen LogP contribution is -2.23. The van der Waals surface area contributed by atoms with E-state index in [1.54, 1.807) is 36.8 Å². The topological polar surface area (TPSA) is 77.0 Å². The van der Waals surface area contributed by atoms with Crippen LogP contribution in [-0.2, 0) is 6.54 Å². The highest BCUT2D eigenvalue weighted by molar-refractivity contribution is 5.97. The van der Waals surface area contributed by atoms with Crippen LogP contribution < -0.4 is 10.1 Å². The van der Waals surface area contributed by atoms with Gasteiger partial charge in [0.2, 0.25) is 5.88 Å². The lowest BCUT2D eigenvalue weighted by atomic mass is 10.1.